The Hall–Kier alpha value is -1.85. The van der Waals surface area contributed by atoms with Crippen LogP contribution in [-0.4, -0.2) is 30.2 Å². The van der Waals surface area contributed by atoms with Gasteiger partial charge >= 0.3 is 5.97 Å². The van der Waals surface area contributed by atoms with Gasteiger partial charge in [-0.25, -0.2) is 0 Å². The SMILES string of the molecule is CCN(CC)c1c(NC(C)C(=O)O)c(=O)c1=O. The van der Waals surface area contributed by atoms with Crippen LogP contribution in [0.2, 0.25) is 0 Å². The van der Waals surface area contributed by atoms with Crippen LogP contribution in [0.1, 0.15) is 20.8 Å². The van der Waals surface area contributed by atoms with Gasteiger partial charge in [-0.1, -0.05) is 0 Å². The molecule has 1 aromatic carbocycles. The number of aliphatic carboxylic acids is 1. The Balaban J connectivity index is 3.02. The summed E-state index contributed by atoms with van der Waals surface area (Å²) in [5, 5.41) is 11.3. The summed E-state index contributed by atoms with van der Waals surface area (Å²) in [4.78, 5) is 35.2. The summed E-state index contributed by atoms with van der Waals surface area (Å²) in [5.41, 5.74) is -0.768. The number of carboxylic acid groups (broad SMARTS) is 1. The third kappa shape index (κ3) is 2.30. The van der Waals surface area contributed by atoms with Crippen molar-refractivity contribution in [3.05, 3.63) is 20.4 Å². The molecule has 0 fully saturated rings. The van der Waals surface area contributed by atoms with Gasteiger partial charge in [0, 0.05) is 13.1 Å². The van der Waals surface area contributed by atoms with Crippen molar-refractivity contribution >= 4 is 17.3 Å². The summed E-state index contributed by atoms with van der Waals surface area (Å²) < 4.78 is 0. The Labute approximate surface area is 98.6 Å². The van der Waals surface area contributed by atoms with Crippen LogP contribution in [0.25, 0.3) is 0 Å². The molecule has 0 aliphatic carbocycles. The van der Waals surface area contributed by atoms with E-state index >= 15 is 0 Å². The van der Waals surface area contributed by atoms with E-state index in [1.165, 1.54) is 6.92 Å². The highest BCUT2D eigenvalue weighted by atomic mass is 16.4. The largest absolute Gasteiger partial charge is 0.480 e. The number of hydrogen-bond acceptors (Lipinski definition) is 5. The molecule has 0 saturated carbocycles. The van der Waals surface area contributed by atoms with Crippen LogP contribution in [0, 0.1) is 0 Å². The van der Waals surface area contributed by atoms with Gasteiger partial charge in [0.15, 0.2) is 0 Å². The average molecular weight is 240 g/mol. The quantitative estimate of drug-likeness (QED) is 0.681. The van der Waals surface area contributed by atoms with Crippen molar-refractivity contribution in [2.24, 2.45) is 0 Å². The van der Waals surface area contributed by atoms with Gasteiger partial charge in [-0.15, -0.1) is 0 Å². The zero-order chi connectivity index (χ0) is 13.2. The summed E-state index contributed by atoms with van der Waals surface area (Å²) in [7, 11) is 0. The van der Waals surface area contributed by atoms with Crippen molar-refractivity contribution in [1.82, 2.24) is 0 Å². The molecule has 6 heteroatoms. The molecule has 0 aliphatic rings. The van der Waals surface area contributed by atoms with Crippen LogP contribution in [-0.2, 0) is 4.79 Å². The van der Waals surface area contributed by atoms with Crippen LogP contribution in [0.5, 0.6) is 0 Å². The molecule has 0 amide bonds. The third-order valence-corrected chi connectivity index (χ3v) is 2.70. The van der Waals surface area contributed by atoms with E-state index in [9.17, 15) is 14.4 Å². The lowest BCUT2D eigenvalue weighted by Crippen LogP contribution is -2.44. The van der Waals surface area contributed by atoms with E-state index in [2.05, 4.69) is 5.32 Å². The van der Waals surface area contributed by atoms with Gasteiger partial charge in [0.2, 0.25) is 0 Å². The van der Waals surface area contributed by atoms with Crippen LogP contribution < -0.4 is 21.1 Å². The molecule has 1 atom stereocenters. The Kier molecular flexibility index (Phi) is 3.88. The zero-order valence-corrected chi connectivity index (χ0v) is 10.1. The number of nitrogens with zero attached hydrogens (tertiary/aromatic N) is 1. The standard InChI is InChI=1S/C11H16N2O4/c1-4-13(5-2)8-7(9(14)10(8)15)12-6(3)11(16)17/h6,12H,4-5H2,1-3H3,(H,16,17). The maximum atomic E-state index is 11.4. The second-order valence-corrected chi connectivity index (χ2v) is 3.76. The van der Waals surface area contributed by atoms with Crippen molar-refractivity contribution in [2.45, 2.75) is 26.8 Å². The second kappa shape index (κ2) is 4.99. The van der Waals surface area contributed by atoms with Gasteiger partial charge < -0.3 is 15.3 Å². The van der Waals surface area contributed by atoms with Gasteiger partial charge in [-0.3, -0.25) is 14.4 Å². The molecule has 0 radical (unpaired) electrons. The Bertz CT molecular complexity index is 484. The molecule has 0 heterocycles. The van der Waals surface area contributed by atoms with E-state index in [-0.39, 0.29) is 5.69 Å². The summed E-state index contributed by atoms with van der Waals surface area (Å²) in [6, 6.07) is -0.896. The molecule has 1 rings (SSSR count). The van der Waals surface area contributed by atoms with Crippen molar-refractivity contribution < 1.29 is 9.90 Å². The van der Waals surface area contributed by atoms with Gasteiger partial charge in [-0.2, -0.15) is 0 Å². The molecule has 0 bridgehead atoms. The number of carbonyl (C=O) groups is 1. The summed E-state index contributed by atoms with van der Waals surface area (Å²) >= 11 is 0. The van der Waals surface area contributed by atoms with Gasteiger partial charge in [0.1, 0.15) is 17.4 Å². The van der Waals surface area contributed by atoms with E-state index in [0.29, 0.717) is 18.8 Å². The maximum Gasteiger partial charge on any atom is 0.325 e. The minimum Gasteiger partial charge on any atom is -0.480 e. The Morgan fingerprint density at radius 2 is 1.82 bits per heavy atom. The van der Waals surface area contributed by atoms with E-state index in [4.69, 9.17) is 5.11 Å². The van der Waals surface area contributed by atoms with Crippen molar-refractivity contribution in [3.8, 4) is 0 Å². The molecule has 0 spiro atoms. The summed E-state index contributed by atoms with van der Waals surface area (Å²) in [5.74, 6) is -1.07. The number of nitrogens with one attached hydrogen (secondary N) is 1. The minimum absolute atomic E-state index is 0.119. The predicted octanol–water partition coefficient (Wildman–Crippen LogP) is 0.0138. The van der Waals surface area contributed by atoms with Crippen LogP contribution in [0.4, 0.5) is 11.4 Å². The lowest BCUT2D eigenvalue weighted by Gasteiger charge is -2.25. The second-order valence-electron chi connectivity index (χ2n) is 3.76. The van der Waals surface area contributed by atoms with Gasteiger partial charge in [0.25, 0.3) is 10.9 Å². The maximum absolute atomic E-state index is 11.4. The van der Waals surface area contributed by atoms with E-state index in [0.717, 1.165) is 0 Å². The van der Waals surface area contributed by atoms with Crippen LogP contribution in [0.15, 0.2) is 9.59 Å². The van der Waals surface area contributed by atoms with Crippen molar-refractivity contribution in [2.75, 3.05) is 23.3 Å². The first-order chi connectivity index (χ1) is 7.93. The molecule has 17 heavy (non-hydrogen) atoms. The minimum atomic E-state index is -1.07. The zero-order valence-electron chi connectivity index (χ0n) is 10.1. The smallest absolute Gasteiger partial charge is 0.325 e. The molecule has 2 N–H and O–H groups in total. The van der Waals surface area contributed by atoms with E-state index in [1.807, 2.05) is 13.8 Å². The third-order valence-electron chi connectivity index (χ3n) is 2.70. The monoisotopic (exact) mass is 240 g/mol. The fraction of sp³-hybridized carbons (Fsp3) is 0.545. The molecular weight excluding hydrogens is 224 g/mol. The highest BCUT2D eigenvalue weighted by Crippen LogP contribution is 2.20. The van der Waals surface area contributed by atoms with Crippen molar-refractivity contribution in [3.63, 3.8) is 0 Å². The Morgan fingerprint density at radius 3 is 2.24 bits per heavy atom. The van der Waals surface area contributed by atoms with E-state index in [1.54, 1.807) is 4.90 Å². The number of rotatable bonds is 6. The van der Waals surface area contributed by atoms with Crippen molar-refractivity contribution in [1.29, 1.82) is 0 Å². The molecule has 0 aromatic heterocycles. The predicted molar refractivity (Wildman–Crippen MR) is 65.6 cm³/mol. The van der Waals surface area contributed by atoms with Crippen LogP contribution in [0.3, 0.4) is 0 Å². The summed E-state index contributed by atoms with van der Waals surface area (Å²) in [6.07, 6.45) is 0. The first-order valence-electron chi connectivity index (χ1n) is 5.51. The lowest BCUT2D eigenvalue weighted by atomic mass is 10.1. The summed E-state index contributed by atoms with van der Waals surface area (Å²) in [6.45, 7) is 6.34. The van der Waals surface area contributed by atoms with Crippen LogP contribution >= 0.6 is 0 Å². The molecule has 94 valence electrons. The van der Waals surface area contributed by atoms with E-state index < -0.39 is 22.9 Å². The first kappa shape index (κ1) is 13.2. The average Bonchev–Trinajstić information content (AvgIpc) is 2.32. The molecule has 0 saturated heterocycles. The topological polar surface area (TPSA) is 86.7 Å². The molecule has 1 unspecified atom stereocenters. The van der Waals surface area contributed by atoms with Gasteiger partial charge in [-0.05, 0) is 20.8 Å². The normalized spacial score (nSPS) is 12.4. The molecule has 6 nitrogen and oxygen atoms in total. The first-order valence-corrected chi connectivity index (χ1v) is 5.51. The molecule has 0 aliphatic heterocycles. The fourth-order valence-corrected chi connectivity index (χ4v) is 1.63. The molecular formula is C11H16N2O4. The molecule has 1 aromatic rings. The Morgan fingerprint density at radius 1 is 1.29 bits per heavy atom. The number of anilines is 2. The lowest BCUT2D eigenvalue weighted by molar-refractivity contribution is -0.137. The fourth-order valence-electron chi connectivity index (χ4n) is 1.63. The van der Waals surface area contributed by atoms with Gasteiger partial charge in [0.05, 0.1) is 0 Å². The highest BCUT2D eigenvalue weighted by Gasteiger charge is 2.26. The highest BCUT2D eigenvalue weighted by molar-refractivity contribution is 5.82. The number of hydrogen-bond donors (Lipinski definition) is 2. The number of carboxylic acids is 1.